The van der Waals surface area contributed by atoms with Crippen molar-refractivity contribution in [3.05, 3.63) is 47.5 Å². The number of hydrogen-bond donors (Lipinski definition) is 1. The van der Waals surface area contributed by atoms with Gasteiger partial charge in [0.05, 0.1) is 27.9 Å². The van der Waals surface area contributed by atoms with Crippen LogP contribution in [0.15, 0.2) is 36.4 Å². The van der Waals surface area contributed by atoms with Gasteiger partial charge < -0.3 is 29.2 Å². The number of carbonyl (C=O) groups is 1. The van der Waals surface area contributed by atoms with E-state index >= 15 is 0 Å². The van der Waals surface area contributed by atoms with Gasteiger partial charge in [-0.2, -0.15) is 0 Å². The van der Waals surface area contributed by atoms with Crippen molar-refractivity contribution in [2.24, 2.45) is 0 Å². The smallest absolute Gasteiger partial charge is 0.317 e. The normalized spacial score (nSPS) is 12.8. The first kappa shape index (κ1) is 19.7. The molecule has 0 spiro atoms. The van der Waals surface area contributed by atoms with E-state index in [0.717, 1.165) is 29.2 Å². The summed E-state index contributed by atoms with van der Waals surface area (Å²) in [7, 11) is 4.86. The summed E-state index contributed by atoms with van der Waals surface area (Å²) in [6.45, 7) is 2.03. The molecule has 0 saturated carbocycles. The number of nitrogens with zero attached hydrogens (tertiary/aromatic N) is 1. The monoisotopic (exact) mass is 386 g/mol. The Morgan fingerprint density at radius 1 is 0.964 bits per heavy atom. The molecule has 2 aromatic carbocycles. The van der Waals surface area contributed by atoms with Crippen LogP contribution in [0.1, 0.15) is 11.1 Å². The van der Waals surface area contributed by atoms with Crippen LogP contribution in [0.5, 0.6) is 23.0 Å². The van der Waals surface area contributed by atoms with Crippen LogP contribution in [-0.4, -0.2) is 52.0 Å². The summed E-state index contributed by atoms with van der Waals surface area (Å²) in [6.07, 6.45) is 0.783. The van der Waals surface area contributed by atoms with Gasteiger partial charge in [0.2, 0.25) is 0 Å². The Labute approximate surface area is 165 Å². The average molecular weight is 386 g/mol. The fourth-order valence-corrected chi connectivity index (χ4v) is 3.17. The number of ether oxygens (including phenoxy) is 4. The quantitative estimate of drug-likeness (QED) is 0.741. The number of nitrogens with one attached hydrogen (secondary N) is 1. The third-order valence-electron chi connectivity index (χ3n) is 4.71. The molecule has 0 unspecified atom stereocenters. The van der Waals surface area contributed by atoms with E-state index in [1.54, 1.807) is 26.2 Å². The maximum atomic E-state index is 12.5. The van der Waals surface area contributed by atoms with Crippen molar-refractivity contribution >= 4 is 6.03 Å². The van der Waals surface area contributed by atoms with Crippen LogP contribution in [-0.2, 0) is 13.0 Å². The molecular formula is C21H26N2O5. The molecule has 0 atom stereocenters. The van der Waals surface area contributed by atoms with Gasteiger partial charge >= 0.3 is 6.03 Å². The minimum atomic E-state index is -0.0984. The highest BCUT2D eigenvalue weighted by Crippen LogP contribution is 2.33. The first-order valence-corrected chi connectivity index (χ1v) is 9.18. The van der Waals surface area contributed by atoms with Gasteiger partial charge in [0.25, 0.3) is 0 Å². The Balaban J connectivity index is 1.49. The minimum Gasteiger partial charge on any atom is -0.497 e. The molecule has 2 aromatic rings. The molecule has 1 heterocycles. The molecule has 0 aliphatic carbocycles. The van der Waals surface area contributed by atoms with Gasteiger partial charge in [-0.25, -0.2) is 4.79 Å². The van der Waals surface area contributed by atoms with Gasteiger partial charge in [0.1, 0.15) is 18.1 Å². The molecule has 0 saturated heterocycles. The van der Waals surface area contributed by atoms with E-state index in [1.165, 1.54) is 5.56 Å². The lowest BCUT2D eigenvalue weighted by atomic mass is 9.99. The predicted molar refractivity (Wildman–Crippen MR) is 106 cm³/mol. The second-order valence-corrected chi connectivity index (χ2v) is 6.40. The van der Waals surface area contributed by atoms with E-state index in [1.807, 2.05) is 36.4 Å². The first-order valence-electron chi connectivity index (χ1n) is 9.18. The van der Waals surface area contributed by atoms with E-state index in [0.29, 0.717) is 32.0 Å². The van der Waals surface area contributed by atoms with Crippen molar-refractivity contribution in [2.45, 2.75) is 13.0 Å². The van der Waals surface area contributed by atoms with Gasteiger partial charge in [-0.15, -0.1) is 0 Å². The van der Waals surface area contributed by atoms with E-state index in [-0.39, 0.29) is 6.03 Å². The lowest BCUT2D eigenvalue weighted by Gasteiger charge is -2.29. The van der Waals surface area contributed by atoms with Crippen molar-refractivity contribution in [3.8, 4) is 23.0 Å². The molecule has 3 rings (SSSR count). The second kappa shape index (κ2) is 9.21. The third-order valence-corrected chi connectivity index (χ3v) is 4.71. The van der Waals surface area contributed by atoms with Gasteiger partial charge in [-0.05, 0) is 53.9 Å². The fourth-order valence-electron chi connectivity index (χ4n) is 3.17. The van der Waals surface area contributed by atoms with Crippen LogP contribution in [0.3, 0.4) is 0 Å². The molecule has 7 nitrogen and oxygen atoms in total. The first-order chi connectivity index (χ1) is 13.6. The Morgan fingerprint density at radius 2 is 1.61 bits per heavy atom. The van der Waals surface area contributed by atoms with Crippen LogP contribution >= 0.6 is 0 Å². The van der Waals surface area contributed by atoms with Crippen molar-refractivity contribution in [2.75, 3.05) is 41.0 Å². The summed E-state index contributed by atoms with van der Waals surface area (Å²) < 4.78 is 21.5. The van der Waals surface area contributed by atoms with E-state index in [9.17, 15) is 4.79 Å². The lowest BCUT2D eigenvalue weighted by molar-refractivity contribution is 0.189. The highest BCUT2D eigenvalue weighted by atomic mass is 16.5. The summed E-state index contributed by atoms with van der Waals surface area (Å²) in [5.41, 5.74) is 2.26. The standard InChI is InChI=1S/C21H26N2O5/c1-25-17-4-6-18(7-5-17)28-11-9-22-21(24)23-10-8-15-12-19(26-2)20(27-3)13-16(15)14-23/h4-7,12-13H,8-11,14H2,1-3H3,(H,22,24). The molecule has 0 bridgehead atoms. The van der Waals surface area contributed by atoms with Crippen LogP contribution in [0.4, 0.5) is 4.79 Å². The molecule has 1 aliphatic rings. The number of hydrogen-bond acceptors (Lipinski definition) is 5. The Morgan fingerprint density at radius 3 is 2.25 bits per heavy atom. The van der Waals surface area contributed by atoms with E-state index < -0.39 is 0 Å². The Bertz CT molecular complexity index is 807. The summed E-state index contributed by atoms with van der Waals surface area (Å²) >= 11 is 0. The zero-order valence-electron chi connectivity index (χ0n) is 16.5. The SMILES string of the molecule is COc1ccc(OCCNC(=O)N2CCc3cc(OC)c(OC)cc3C2)cc1. The zero-order valence-corrected chi connectivity index (χ0v) is 16.5. The molecule has 0 radical (unpaired) electrons. The number of amides is 2. The average Bonchev–Trinajstić information content (AvgIpc) is 2.75. The highest BCUT2D eigenvalue weighted by Gasteiger charge is 2.22. The van der Waals surface area contributed by atoms with E-state index in [2.05, 4.69) is 5.32 Å². The summed E-state index contributed by atoms with van der Waals surface area (Å²) in [5, 5.41) is 2.91. The fraction of sp³-hybridized carbons (Fsp3) is 0.381. The molecular weight excluding hydrogens is 360 g/mol. The molecule has 7 heteroatoms. The van der Waals surface area contributed by atoms with Gasteiger partial charge in [-0.1, -0.05) is 0 Å². The Kier molecular flexibility index (Phi) is 6.47. The van der Waals surface area contributed by atoms with Crippen LogP contribution in [0.25, 0.3) is 0 Å². The van der Waals surface area contributed by atoms with Gasteiger partial charge in [0, 0.05) is 13.1 Å². The number of benzene rings is 2. The molecule has 150 valence electrons. The maximum Gasteiger partial charge on any atom is 0.317 e. The summed E-state index contributed by atoms with van der Waals surface area (Å²) in [6, 6.07) is 11.2. The van der Waals surface area contributed by atoms with Crippen LogP contribution in [0.2, 0.25) is 0 Å². The van der Waals surface area contributed by atoms with Gasteiger partial charge in [-0.3, -0.25) is 0 Å². The number of carbonyl (C=O) groups excluding carboxylic acids is 1. The van der Waals surface area contributed by atoms with Crippen LogP contribution in [0, 0.1) is 0 Å². The summed E-state index contributed by atoms with van der Waals surface area (Å²) in [4.78, 5) is 14.3. The molecule has 0 fully saturated rings. The third kappa shape index (κ3) is 4.60. The zero-order chi connectivity index (χ0) is 19.9. The number of urea groups is 1. The molecule has 1 aliphatic heterocycles. The molecule has 1 N–H and O–H groups in total. The molecule has 0 aromatic heterocycles. The maximum absolute atomic E-state index is 12.5. The predicted octanol–water partition coefficient (Wildman–Crippen LogP) is 2.86. The topological polar surface area (TPSA) is 69.3 Å². The van der Waals surface area contributed by atoms with Crippen molar-refractivity contribution in [1.29, 1.82) is 0 Å². The van der Waals surface area contributed by atoms with Crippen LogP contribution < -0.4 is 24.3 Å². The van der Waals surface area contributed by atoms with Crippen molar-refractivity contribution < 1.29 is 23.7 Å². The Hall–Kier alpha value is -3.09. The second-order valence-electron chi connectivity index (χ2n) is 6.40. The number of fused-ring (bicyclic) bond motifs is 1. The number of rotatable bonds is 7. The van der Waals surface area contributed by atoms with E-state index in [4.69, 9.17) is 18.9 Å². The molecule has 28 heavy (non-hydrogen) atoms. The number of methoxy groups -OCH3 is 3. The van der Waals surface area contributed by atoms with Gasteiger partial charge in [0.15, 0.2) is 11.5 Å². The van der Waals surface area contributed by atoms with Crippen molar-refractivity contribution in [1.82, 2.24) is 10.2 Å². The largest absolute Gasteiger partial charge is 0.497 e. The highest BCUT2D eigenvalue weighted by molar-refractivity contribution is 5.74. The minimum absolute atomic E-state index is 0.0984. The lowest BCUT2D eigenvalue weighted by Crippen LogP contribution is -2.43. The van der Waals surface area contributed by atoms with Crippen molar-refractivity contribution in [3.63, 3.8) is 0 Å². The summed E-state index contributed by atoms with van der Waals surface area (Å²) in [5.74, 6) is 2.91. The molecule has 2 amide bonds.